The maximum atomic E-state index is 12.4. The highest BCUT2D eigenvalue weighted by Crippen LogP contribution is 2.34. The summed E-state index contributed by atoms with van der Waals surface area (Å²) in [4.78, 5) is 33.5. The number of hydrogen-bond donors (Lipinski definition) is 0. The second-order valence-electron chi connectivity index (χ2n) is 7.17. The topological polar surface area (TPSA) is 116 Å². The molecule has 8 heteroatoms. The number of benzene rings is 2. The molecular weight excluding hydrogens is 352 g/mol. The zero-order chi connectivity index (χ0) is 19.9. The van der Waals surface area contributed by atoms with E-state index in [2.05, 4.69) is 0 Å². The molecule has 0 amide bonds. The monoisotopic (exact) mass is 368 g/mol. The highest BCUT2D eigenvalue weighted by molar-refractivity contribution is 5.89. The van der Waals surface area contributed by atoms with Gasteiger partial charge >= 0.3 is 11.3 Å². The van der Waals surface area contributed by atoms with E-state index in [-0.39, 0.29) is 27.9 Å². The molecule has 2 aromatic carbocycles. The lowest BCUT2D eigenvalue weighted by Crippen LogP contribution is -2.12. The van der Waals surface area contributed by atoms with Crippen LogP contribution in [0.1, 0.15) is 26.3 Å². The van der Waals surface area contributed by atoms with Crippen LogP contribution in [0.3, 0.4) is 0 Å². The number of fused-ring (bicyclic) bond motifs is 1. The van der Waals surface area contributed by atoms with Crippen molar-refractivity contribution in [1.82, 2.24) is 0 Å². The Morgan fingerprint density at radius 2 is 1.56 bits per heavy atom. The van der Waals surface area contributed by atoms with Crippen molar-refractivity contribution >= 4 is 22.3 Å². The Hall–Kier alpha value is -3.55. The van der Waals surface area contributed by atoms with Crippen LogP contribution in [0.2, 0.25) is 0 Å². The largest absolute Gasteiger partial charge is 0.415 e. The molecule has 0 spiro atoms. The molecule has 0 aliphatic heterocycles. The van der Waals surface area contributed by atoms with Crippen molar-refractivity contribution in [2.45, 2.75) is 26.2 Å². The van der Waals surface area contributed by atoms with Gasteiger partial charge in [0.1, 0.15) is 0 Å². The van der Waals surface area contributed by atoms with Crippen LogP contribution in [0.25, 0.3) is 22.1 Å². The highest BCUT2D eigenvalue weighted by atomic mass is 16.6. The van der Waals surface area contributed by atoms with Crippen molar-refractivity contribution in [1.29, 1.82) is 0 Å². The minimum absolute atomic E-state index is 0.0938. The number of nitrogens with zero attached hydrogens (tertiary/aromatic N) is 2. The maximum Gasteiger partial charge on any atom is 0.344 e. The van der Waals surface area contributed by atoms with Crippen LogP contribution in [0.15, 0.2) is 51.7 Å². The van der Waals surface area contributed by atoms with Crippen LogP contribution in [0, 0.1) is 20.2 Å². The minimum Gasteiger partial charge on any atom is -0.415 e. The van der Waals surface area contributed by atoms with E-state index in [1.54, 1.807) is 6.07 Å². The van der Waals surface area contributed by atoms with Crippen LogP contribution in [0.5, 0.6) is 0 Å². The summed E-state index contributed by atoms with van der Waals surface area (Å²) >= 11 is 0. The van der Waals surface area contributed by atoms with Crippen molar-refractivity contribution < 1.29 is 14.3 Å². The van der Waals surface area contributed by atoms with E-state index >= 15 is 0 Å². The van der Waals surface area contributed by atoms with Crippen molar-refractivity contribution in [2.75, 3.05) is 0 Å². The molecule has 0 radical (unpaired) electrons. The van der Waals surface area contributed by atoms with Crippen LogP contribution in [-0.4, -0.2) is 9.85 Å². The number of non-ortho nitro benzene ring substituents is 2. The number of rotatable bonds is 3. The van der Waals surface area contributed by atoms with Gasteiger partial charge in [-0.3, -0.25) is 20.2 Å². The van der Waals surface area contributed by atoms with Crippen molar-refractivity contribution in [3.8, 4) is 11.1 Å². The summed E-state index contributed by atoms with van der Waals surface area (Å²) in [7, 11) is 0. The SMILES string of the molecule is CC(C)(C)c1cc([N+](=O)[O-])c2oc(=O)c(-c3ccc([N+](=O)[O-])cc3)cc2c1. The van der Waals surface area contributed by atoms with Gasteiger partial charge in [0.25, 0.3) is 5.69 Å². The predicted molar refractivity (Wildman–Crippen MR) is 99.9 cm³/mol. The van der Waals surface area contributed by atoms with E-state index in [9.17, 15) is 25.0 Å². The Kier molecular flexibility index (Phi) is 4.27. The zero-order valence-electron chi connectivity index (χ0n) is 14.9. The zero-order valence-corrected chi connectivity index (χ0v) is 14.9. The van der Waals surface area contributed by atoms with Crippen molar-refractivity contribution in [3.63, 3.8) is 0 Å². The summed E-state index contributed by atoms with van der Waals surface area (Å²) in [5.41, 5.74) is -0.225. The molecule has 1 heterocycles. The lowest BCUT2D eigenvalue weighted by molar-refractivity contribution is -0.384. The first-order valence-electron chi connectivity index (χ1n) is 8.09. The van der Waals surface area contributed by atoms with Gasteiger partial charge in [0.2, 0.25) is 5.58 Å². The second kappa shape index (κ2) is 6.31. The molecule has 3 rings (SSSR count). The maximum absolute atomic E-state index is 12.4. The van der Waals surface area contributed by atoms with Crippen LogP contribution in [0.4, 0.5) is 11.4 Å². The molecule has 0 bridgehead atoms. The first kappa shape index (κ1) is 18.2. The van der Waals surface area contributed by atoms with E-state index in [0.29, 0.717) is 10.9 Å². The Labute approximate surface area is 153 Å². The quantitative estimate of drug-likeness (QED) is 0.380. The summed E-state index contributed by atoms with van der Waals surface area (Å²) in [6.45, 7) is 5.77. The molecule has 27 heavy (non-hydrogen) atoms. The molecule has 3 aromatic rings. The lowest BCUT2D eigenvalue weighted by Gasteiger charge is -2.19. The standard InChI is InChI=1S/C19H16N2O6/c1-19(2,3)13-8-12-9-15(11-4-6-14(7-5-11)20(23)24)18(22)27-17(12)16(10-13)21(25)26/h4-10H,1-3H3. The number of nitro benzene ring substituents is 2. The molecule has 0 fully saturated rings. The van der Waals surface area contributed by atoms with Gasteiger partial charge in [0.05, 0.1) is 15.4 Å². The molecule has 0 N–H and O–H groups in total. The summed E-state index contributed by atoms with van der Waals surface area (Å²) in [6.07, 6.45) is 0. The van der Waals surface area contributed by atoms with Crippen LogP contribution in [-0.2, 0) is 5.41 Å². The summed E-state index contributed by atoms with van der Waals surface area (Å²) in [5.74, 6) is 0. The average Bonchev–Trinajstić information content (AvgIpc) is 2.59. The molecular formula is C19H16N2O6. The molecule has 0 saturated carbocycles. The Morgan fingerprint density at radius 1 is 0.926 bits per heavy atom. The molecule has 0 atom stereocenters. The van der Waals surface area contributed by atoms with Gasteiger partial charge in [0, 0.05) is 23.6 Å². The third-order valence-electron chi connectivity index (χ3n) is 4.26. The van der Waals surface area contributed by atoms with Gasteiger partial charge < -0.3 is 4.42 Å². The highest BCUT2D eigenvalue weighted by Gasteiger charge is 2.23. The first-order valence-corrected chi connectivity index (χ1v) is 8.09. The molecule has 0 unspecified atom stereocenters. The van der Waals surface area contributed by atoms with Gasteiger partial charge in [-0.2, -0.15) is 0 Å². The number of nitro groups is 2. The third-order valence-corrected chi connectivity index (χ3v) is 4.26. The predicted octanol–water partition coefficient (Wildman–Crippen LogP) is 4.57. The van der Waals surface area contributed by atoms with Gasteiger partial charge in [-0.1, -0.05) is 20.8 Å². The van der Waals surface area contributed by atoms with E-state index in [1.165, 1.54) is 36.4 Å². The van der Waals surface area contributed by atoms with Gasteiger partial charge in [-0.25, -0.2) is 4.79 Å². The fraction of sp³-hybridized carbons (Fsp3) is 0.211. The minimum atomic E-state index is -0.747. The average molecular weight is 368 g/mol. The van der Waals surface area contributed by atoms with Crippen LogP contribution < -0.4 is 5.63 Å². The number of hydrogen-bond acceptors (Lipinski definition) is 6. The van der Waals surface area contributed by atoms with E-state index in [0.717, 1.165) is 5.56 Å². The molecule has 0 aliphatic rings. The summed E-state index contributed by atoms with van der Waals surface area (Å²) in [6, 6.07) is 10.1. The summed E-state index contributed by atoms with van der Waals surface area (Å²) in [5, 5.41) is 22.6. The molecule has 8 nitrogen and oxygen atoms in total. The molecule has 0 aliphatic carbocycles. The fourth-order valence-electron chi connectivity index (χ4n) is 2.75. The van der Waals surface area contributed by atoms with Gasteiger partial charge in [0.15, 0.2) is 0 Å². The Morgan fingerprint density at radius 3 is 2.07 bits per heavy atom. The van der Waals surface area contributed by atoms with E-state index in [4.69, 9.17) is 4.42 Å². The van der Waals surface area contributed by atoms with Gasteiger partial charge in [-0.15, -0.1) is 0 Å². The first-order chi connectivity index (χ1) is 12.6. The Bertz CT molecular complexity index is 1120. The van der Waals surface area contributed by atoms with E-state index < -0.39 is 15.5 Å². The fourth-order valence-corrected chi connectivity index (χ4v) is 2.75. The third kappa shape index (κ3) is 3.41. The second-order valence-corrected chi connectivity index (χ2v) is 7.17. The summed E-state index contributed by atoms with van der Waals surface area (Å²) < 4.78 is 5.25. The molecule has 138 valence electrons. The molecule has 1 aromatic heterocycles. The van der Waals surface area contributed by atoms with Crippen LogP contribution >= 0.6 is 0 Å². The van der Waals surface area contributed by atoms with Gasteiger partial charge in [-0.05, 0) is 40.8 Å². The normalized spacial score (nSPS) is 11.5. The van der Waals surface area contributed by atoms with Crippen molar-refractivity contribution in [2.24, 2.45) is 0 Å². The van der Waals surface area contributed by atoms with Crippen molar-refractivity contribution in [3.05, 3.63) is 78.7 Å². The van der Waals surface area contributed by atoms with E-state index in [1.807, 2.05) is 20.8 Å². The molecule has 0 saturated heterocycles. The lowest BCUT2D eigenvalue weighted by atomic mass is 9.86. The smallest absolute Gasteiger partial charge is 0.344 e. The Balaban J connectivity index is 2.27.